The molecule has 1 aromatic rings. The third-order valence-electron chi connectivity index (χ3n) is 5.53. The Bertz CT molecular complexity index is 646. The molecule has 0 aliphatic carbocycles. The van der Waals surface area contributed by atoms with Crippen LogP contribution in [0.15, 0.2) is 12.1 Å². The molecule has 150 valence electrons. The van der Waals surface area contributed by atoms with Crippen molar-refractivity contribution in [3.8, 4) is 17.2 Å². The number of hydrogen-bond donors (Lipinski definition) is 1. The minimum Gasteiger partial charge on any atom is -0.496 e. The molecule has 2 aliphatic heterocycles. The maximum Gasteiger partial charge on any atom is 0.234 e. The zero-order valence-electron chi connectivity index (χ0n) is 16.6. The molecular formula is C20H31N3O4. The average Bonchev–Trinajstić information content (AvgIpc) is 3.37. The molecule has 1 amide bonds. The summed E-state index contributed by atoms with van der Waals surface area (Å²) in [7, 11) is 4.79. The molecule has 7 nitrogen and oxygen atoms in total. The van der Waals surface area contributed by atoms with Gasteiger partial charge in [-0.3, -0.25) is 14.6 Å². The van der Waals surface area contributed by atoms with E-state index in [4.69, 9.17) is 14.2 Å². The van der Waals surface area contributed by atoms with Gasteiger partial charge in [0.25, 0.3) is 0 Å². The third kappa shape index (κ3) is 4.84. The first kappa shape index (κ1) is 19.8. The number of nitrogens with zero attached hydrogens (tertiary/aromatic N) is 2. The lowest BCUT2D eigenvalue weighted by Crippen LogP contribution is -2.39. The molecular weight excluding hydrogens is 346 g/mol. The minimum absolute atomic E-state index is 0.0360. The molecule has 2 aliphatic rings. The van der Waals surface area contributed by atoms with Crippen LogP contribution in [0.5, 0.6) is 17.2 Å². The van der Waals surface area contributed by atoms with Gasteiger partial charge in [-0.25, -0.2) is 0 Å². The summed E-state index contributed by atoms with van der Waals surface area (Å²) in [4.78, 5) is 17.2. The molecule has 1 atom stereocenters. The van der Waals surface area contributed by atoms with Gasteiger partial charge >= 0.3 is 0 Å². The smallest absolute Gasteiger partial charge is 0.234 e. The second-order valence-electron chi connectivity index (χ2n) is 7.22. The maximum absolute atomic E-state index is 12.4. The van der Waals surface area contributed by atoms with Crippen LogP contribution in [0.25, 0.3) is 0 Å². The number of amides is 1. The van der Waals surface area contributed by atoms with Gasteiger partial charge in [-0.15, -0.1) is 0 Å². The van der Waals surface area contributed by atoms with Crippen LogP contribution in [-0.4, -0.2) is 75.8 Å². The predicted octanol–water partition coefficient (Wildman–Crippen LogP) is 1.50. The van der Waals surface area contributed by atoms with Crippen molar-refractivity contribution < 1.29 is 19.0 Å². The van der Waals surface area contributed by atoms with Crippen LogP contribution in [0, 0.1) is 0 Å². The van der Waals surface area contributed by atoms with Crippen LogP contribution in [-0.2, 0) is 11.3 Å². The van der Waals surface area contributed by atoms with E-state index in [0.29, 0.717) is 36.4 Å². The standard InChI is InChI=1S/C20H31N3O4/c1-25-17-11-19(27-3)18(26-2)10-15(17)12-21-20(24)14-22-9-6-16(13-22)23-7-4-5-8-23/h10-11,16H,4-9,12-14H2,1-3H3,(H,21,24). The quantitative estimate of drug-likeness (QED) is 0.741. The highest BCUT2D eigenvalue weighted by Gasteiger charge is 2.29. The molecule has 0 radical (unpaired) electrons. The van der Waals surface area contributed by atoms with E-state index in [1.165, 1.54) is 25.9 Å². The first-order valence-corrected chi connectivity index (χ1v) is 9.66. The Morgan fingerprint density at radius 2 is 1.70 bits per heavy atom. The van der Waals surface area contributed by atoms with Gasteiger partial charge in [-0.2, -0.15) is 0 Å². The predicted molar refractivity (Wildman–Crippen MR) is 104 cm³/mol. The average molecular weight is 377 g/mol. The molecule has 1 unspecified atom stereocenters. The highest BCUT2D eigenvalue weighted by atomic mass is 16.5. The van der Waals surface area contributed by atoms with Crippen molar-refractivity contribution >= 4 is 5.91 Å². The lowest BCUT2D eigenvalue weighted by Gasteiger charge is -2.23. The van der Waals surface area contributed by atoms with E-state index >= 15 is 0 Å². The van der Waals surface area contributed by atoms with Crippen molar-refractivity contribution in [1.82, 2.24) is 15.1 Å². The summed E-state index contributed by atoms with van der Waals surface area (Å²) in [6.45, 7) is 5.25. The van der Waals surface area contributed by atoms with Gasteiger partial charge < -0.3 is 19.5 Å². The molecule has 1 N–H and O–H groups in total. The molecule has 7 heteroatoms. The maximum atomic E-state index is 12.4. The van der Waals surface area contributed by atoms with Crippen LogP contribution in [0.4, 0.5) is 0 Å². The number of likely N-dealkylation sites (tertiary alicyclic amines) is 2. The topological polar surface area (TPSA) is 63.3 Å². The normalized spacial score (nSPS) is 20.6. The number of carbonyl (C=O) groups excluding carboxylic acids is 1. The molecule has 0 saturated carbocycles. The highest BCUT2D eigenvalue weighted by Crippen LogP contribution is 2.34. The zero-order valence-corrected chi connectivity index (χ0v) is 16.6. The summed E-state index contributed by atoms with van der Waals surface area (Å²) in [5.74, 6) is 1.93. The van der Waals surface area contributed by atoms with E-state index < -0.39 is 0 Å². The van der Waals surface area contributed by atoms with Gasteiger partial charge in [0.15, 0.2) is 11.5 Å². The van der Waals surface area contributed by atoms with Crippen molar-refractivity contribution in [3.05, 3.63) is 17.7 Å². The summed E-state index contributed by atoms with van der Waals surface area (Å²) >= 11 is 0. The fourth-order valence-corrected chi connectivity index (χ4v) is 4.04. The Labute approximate surface area is 161 Å². The third-order valence-corrected chi connectivity index (χ3v) is 5.53. The molecule has 2 saturated heterocycles. The van der Waals surface area contributed by atoms with Crippen molar-refractivity contribution in [2.24, 2.45) is 0 Å². The second kappa shape index (κ2) is 9.28. The number of methoxy groups -OCH3 is 3. The summed E-state index contributed by atoms with van der Waals surface area (Å²) in [6, 6.07) is 4.24. The van der Waals surface area contributed by atoms with Crippen LogP contribution < -0.4 is 19.5 Å². The van der Waals surface area contributed by atoms with E-state index in [2.05, 4.69) is 15.1 Å². The van der Waals surface area contributed by atoms with E-state index in [-0.39, 0.29) is 5.91 Å². The Morgan fingerprint density at radius 3 is 2.37 bits per heavy atom. The molecule has 0 aromatic heterocycles. The van der Waals surface area contributed by atoms with Gasteiger partial charge in [0, 0.05) is 37.3 Å². The first-order valence-electron chi connectivity index (χ1n) is 9.66. The summed E-state index contributed by atoms with van der Waals surface area (Å²) < 4.78 is 16.1. The van der Waals surface area contributed by atoms with Gasteiger partial charge in [-0.1, -0.05) is 0 Å². The number of ether oxygens (including phenoxy) is 3. The Hall–Kier alpha value is -1.99. The monoisotopic (exact) mass is 377 g/mol. The summed E-state index contributed by atoms with van der Waals surface area (Å²) in [5, 5.41) is 3.00. The molecule has 1 aromatic carbocycles. The number of nitrogens with one attached hydrogen (secondary N) is 1. The van der Waals surface area contributed by atoms with Crippen molar-refractivity contribution in [2.45, 2.75) is 31.8 Å². The number of carbonyl (C=O) groups is 1. The van der Waals surface area contributed by atoms with E-state index in [1.54, 1.807) is 27.4 Å². The number of hydrogen-bond acceptors (Lipinski definition) is 6. The molecule has 3 rings (SSSR count). The second-order valence-corrected chi connectivity index (χ2v) is 7.22. The van der Waals surface area contributed by atoms with Crippen LogP contribution in [0.2, 0.25) is 0 Å². The molecule has 0 bridgehead atoms. The molecule has 2 heterocycles. The fraction of sp³-hybridized carbons (Fsp3) is 0.650. The lowest BCUT2D eigenvalue weighted by molar-refractivity contribution is -0.122. The van der Waals surface area contributed by atoms with Gasteiger partial charge in [0.1, 0.15) is 5.75 Å². The van der Waals surface area contributed by atoms with Crippen molar-refractivity contribution in [1.29, 1.82) is 0 Å². The largest absolute Gasteiger partial charge is 0.496 e. The van der Waals surface area contributed by atoms with Crippen molar-refractivity contribution in [2.75, 3.05) is 54.1 Å². The zero-order chi connectivity index (χ0) is 19.2. The minimum atomic E-state index is 0.0360. The summed E-state index contributed by atoms with van der Waals surface area (Å²) in [6.07, 6.45) is 3.78. The van der Waals surface area contributed by atoms with Gasteiger partial charge in [0.05, 0.1) is 27.9 Å². The lowest BCUT2D eigenvalue weighted by atomic mass is 10.1. The van der Waals surface area contributed by atoms with Crippen LogP contribution >= 0.6 is 0 Å². The molecule has 0 spiro atoms. The van der Waals surface area contributed by atoms with E-state index in [9.17, 15) is 4.79 Å². The first-order chi connectivity index (χ1) is 13.1. The fourth-order valence-electron chi connectivity index (χ4n) is 4.04. The SMILES string of the molecule is COc1cc(OC)c(OC)cc1CNC(=O)CN1CCC(N2CCCC2)C1. The van der Waals surface area contributed by atoms with Crippen molar-refractivity contribution in [3.63, 3.8) is 0 Å². The molecule has 27 heavy (non-hydrogen) atoms. The van der Waals surface area contributed by atoms with Crippen LogP contribution in [0.1, 0.15) is 24.8 Å². The Morgan fingerprint density at radius 1 is 1.04 bits per heavy atom. The van der Waals surface area contributed by atoms with E-state index in [0.717, 1.165) is 25.1 Å². The van der Waals surface area contributed by atoms with Gasteiger partial charge in [0.2, 0.25) is 5.91 Å². The Balaban J connectivity index is 1.52. The number of rotatable bonds is 8. The molecule has 2 fully saturated rings. The number of benzene rings is 1. The van der Waals surface area contributed by atoms with E-state index in [1.807, 2.05) is 6.07 Å². The van der Waals surface area contributed by atoms with Gasteiger partial charge in [-0.05, 0) is 38.4 Å². The summed E-state index contributed by atoms with van der Waals surface area (Å²) in [5.41, 5.74) is 0.861. The van der Waals surface area contributed by atoms with Crippen LogP contribution in [0.3, 0.4) is 0 Å². The highest BCUT2D eigenvalue weighted by molar-refractivity contribution is 5.78. The Kier molecular flexibility index (Phi) is 6.79.